The zero-order valence-corrected chi connectivity index (χ0v) is 16.4. The van der Waals surface area contributed by atoms with E-state index in [1.54, 1.807) is 24.3 Å². The Morgan fingerprint density at radius 3 is 2.52 bits per heavy atom. The highest BCUT2D eigenvalue weighted by Gasteiger charge is 2.56. The van der Waals surface area contributed by atoms with Crippen molar-refractivity contribution in [2.24, 2.45) is 0 Å². The Morgan fingerprint density at radius 2 is 2.00 bits per heavy atom. The highest BCUT2D eigenvalue weighted by atomic mass is 28.4. The fourth-order valence-corrected chi connectivity index (χ4v) is 5.84. The van der Waals surface area contributed by atoms with Gasteiger partial charge in [0.15, 0.2) is 14.4 Å². The topological polar surface area (TPSA) is 69.0 Å². The van der Waals surface area contributed by atoms with Crippen molar-refractivity contribution in [1.29, 1.82) is 0 Å². The molecule has 2 amide bonds. The second-order valence-electron chi connectivity index (χ2n) is 6.10. The fraction of sp³-hybridized carbons (Fsp3) is 0.556. The molecule has 0 aromatic carbocycles. The van der Waals surface area contributed by atoms with Crippen LogP contribution < -0.4 is 0 Å². The summed E-state index contributed by atoms with van der Waals surface area (Å²) in [6, 6.07) is 5.73. The summed E-state index contributed by atoms with van der Waals surface area (Å²) in [6.45, 7) is 8.28. The molecule has 0 saturated carbocycles. The number of allylic oxidation sites excluding steroid dienone is 1. The van der Waals surface area contributed by atoms with Crippen molar-refractivity contribution in [3.05, 3.63) is 36.3 Å². The molecule has 2 rings (SSSR count). The summed E-state index contributed by atoms with van der Waals surface area (Å²) < 4.78 is 16.9. The maximum atomic E-state index is 12.6. The van der Waals surface area contributed by atoms with E-state index in [0.29, 0.717) is 5.76 Å². The van der Waals surface area contributed by atoms with E-state index in [0.717, 1.165) is 23.0 Å². The van der Waals surface area contributed by atoms with Gasteiger partial charge in [0.25, 0.3) is 5.91 Å². The molecule has 0 unspecified atom stereocenters. The molecule has 2 atom stereocenters. The van der Waals surface area contributed by atoms with Gasteiger partial charge in [0, 0.05) is 0 Å². The number of amides is 2. The van der Waals surface area contributed by atoms with Gasteiger partial charge in [0.1, 0.15) is 18.4 Å². The molecule has 0 bridgehead atoms. The Labute approximate surface area is 149 Å². The summed E-state index contributed by atoms with van der Waals surface area (Å²) in [7, 11) is -1.99. The molecule has 0 aliphatic carbocycles. The van der Waals surface area contributed by atoms with Crippen molar-refractivity contribution in [2.45, 2.75) is 58.0 Å². The Hall–Kier alpha value is -1.86. The van der Waals surface area contributed by atoms with E-state index in [9.17, 15) is 9.59 Å². The zero-order chi connectivity index (χ0) is 18.4. The molecular weight excluding hydrogens is 338 g/mol. The minimum Gasteiger partial charge on any atom is -0.467 e. The summed E-state index contributed by atoms with van der Waals surface area (Å²) in [5.74, 6) is 0.192. The highest BCUT2D eigenvalue weighted by Crippen LogP contribution is 2.41. The lowest BCUT2D eigenvalue weighted by Gasteiger charge is -2.46. The average molecular weight is 366 g/mol. The van der Waals surface area contributed by atoms with Crippen LogP contribution in [0.2, 0.25) is 18.1 Å². The van der Waals surface area contributed by atoms with Crippen LogP contribution in [0.15, 0.2) is 35.0 Å². The maximum absolute atomic E-state index is 12.6. The lowest BCUT2D eigenvalue weighted by molar-refractivity contribution is -0.162. The summed E-state index contributed by atoms with van der Waals surface area (Å²) in [4.78, 5) is 26.0. The van der Waals surface area contributed by atoms with Gasteiger partial charge in [-0.05, 0) is 37.2 Å². The molecule has 1 aliphatic heterocycles. The van der Waals surface area contributed by atoms with E-state index < -0.39 is 26.6 Å². The predicted molar refractivity (Wildman–Crippen MR) is 96.5 cm³/mol. The van der Waals surface area contributed by atoms with Gasteiger partial charge in [-0.3, -0.25) is 4.79 Å². The fourth-order valence-electron chi connectivity index (χ4n) is 3.07. The molecule has 1 fully saturated rings. The van der Waals surface area contributed by atoms with Crippen LogP contribution in [0.3, 0.4) is 0 Å². The first-order valence-electron chi connectivity index (χ1n) is 8.85. The van der Waals surface area contributed by atoms with E-state index in [2.05, 4.69) is 20.8 Å². The number of likely N-dealkylation sites (tertiary alicyclic amines) is 1. The summed E-state index contributed by atoms with van der Waals surface area (Å²) in [6.07, 6.45) is 3.68. The van der Waals surface area contributed by atoms with Crippen LogP contribution in [-0.4, -0.2) is 37.9 Å². The van der Waals surface area contributed by atoms with E-state index in [1.807, 2.05) is 6.92 Å². The summed E-state index contributed by atoms with van der Waals surface area (Å²) in [5.41, 5.74) is 0. The monoisotopic (exact) mass is 365 g/mol. The lowest BCUT2D eigenvalue weighted by Crippen LogP contribution is -2.64. The van der Waals surface area contributed by atoms with Crippen LogP contribution in [0, 0.1) is 0 Å². The van der Waals surface area contributed by atoms with Crippen molar-refractivity contribution in [3.63, 3.8) is 0 Å². The summed E-state index contributed by atoms with van der Waals surface area (Å²) in [5, 5.41) is 0. The molecule has 1 aromatic heterocycles. The molecule has 6 nitrogen and oxygen atoms in total. The van der Waals surface area contributed by atoms with Crippen molar-refractivity contribution < 1.29 is 23.2 Å². The zero-order valence-electron chi connectivity index (χ0n) is 15.4. The number of carbonyl (C=O) groups is 2. The van der Waals surface area contributed by atoms with Crippen molar-refractivity contribution in [3.8, 4) is 0 Å². The SMILES string of the molecule is CC=CCOC(=O)N1C(=O)[C@H](O[Si](CC)(CC)CC)[C@@H]1c1ccco1. The first-order valence-corrected chi connectivity index (χ1v) is 11.4. The van der Waals surface area contributed by atoms with Gasteiger partial charge in [-0.15, -0.1) is 0 Å². The van der Waals surface area contributed by atoms with Crippen LogP contribution in [0.4, 0.5) is 4.79 Å². The average Bonchev–Trinajstić information content (AvgIpc) is 3.15. The number of ether oxygens (including phenoxy) is 1. The van der Waals surface area contributed by atoms with Gasteiger partial charge >= 0.3 is 6.09 Å². The molecule has 1 aromatic rings. The van der Waals surface area contributed by atoms with Crippen molar-refractivity contribution in [2.75, 3.05) is 6.61 Å². The first-order chi connectivity index (χ1) is 12.0. The second kappa shape index (κ2) is 8.49. The molecule has 2 heterocycles. The minimum atomic E-state index is -1.99. The summed E-state index contributed by atoms with van der Waals surface area (Å²) >= 11 is 0. The molecule has 0 radical (unpaired) electrons. The van der Waals surface area contributed by atoms with E-state index in [4.69, 9.17) is 13.6 Å². The molecule has 138 valence electrons. The third kappa shape index (κ3) is 3.87. The van der Waals surface area contributed by atoms with Gasteiger partial charge in [0.05, 0.1) is 6.26 Å². The van der Waals surface area contributed by atoms with Gasteiger partial charge in [-0.25, -0.2) is 9.69 Å². The number of hydrogen-bond donors (Lipinski definition) is 0. The number of imide groups is 1. The molecule has 0 spiro atoms. The number of nitrogens with zero attached hydrogens (tertiary/aromatic N) is 1. The van der Waals surface area contributed by atoms with Crippen molar-refractivity contribution in [1.82, 2.24) is 4.90 Å². The van der Waals surface area contributed by atoms with Crippen LogP contribution in [0.1, 0.15) is 39.5 Å². The minimum absolute atomic E-state index is 0.132. The lowest BCUT2D eigenvalue weighted by atomic mass is 9.96. The normalized spacial score (nSPS) is 20.8. The quantitative estimate of drug-likeness (QED) is 0.391. The smallest absolute Gasteiger partial charge is 0.417 e. The standard InChI is InChI=1S/C18H27NO5Si/c1-5-9-12-23-18(21)19-15(14-11-10-13-22-14)16(17(19)20)24-25(6-2,7-3)8-4/h5,9-11,13,15-16H,6-8,12H2,1-4H3/t15-,16+/m0/s1. The second-order valence-corrected chi connectivity index (χ2v) is 10.8. The molecule has 1 aliphatic rings. The molecule has 1 saturated heterocycles. The number of β-lactam (4-membered cyclic amide) rings is 1. The van der Waals surface area contributed by atoms with Gasteiger partial charge in [-0.2, -0.15) is 0 Å². The van der Waals surface area contributed by atoms with Crippen LogP contribution in [0.5, 0.6) is 0 Å². The van der Waals surface area contributed by atoms with E-state index in [1.165, 1.54) is 6.26 Å². The molecular formula is C18H27NO5Si. The number of furan rings is 1. The van der Waals surface area contributed by atoms with Gasteiger partial charge in [0.2, 0.25) is 0 Å². The predicted octanol–water partition coefficient (Wildman–Crippen LogP) is 4.27. The first kappa shape index (κ1) is 19.5. The molecule has 25 heavy (non-hydrogen) atoms. The molecule has 7 heteroatoms. The van der Waals surface area contributed by atoms with Gasteiger partial charge in [-0.1, -0.05) is 32.9 Å². The van der Waals surface area contributed by atoms with E-state index >= 15 is 0 Å². The number of hydrogen-bond acceptors (Lipinski definition) is 5. The molecule has 0 N–H and O–H groups in total. The Morgan fingerprint density at radius 1 is 1.32 bits per heavy atom. The van der Waals surface area contributed by atoms with Crippen molar-refractivity contribution >= 4 is 20.3 Å². The third-order valence-electron chi connectivity index (χ3n) is 4.93. The number of carbonyl (C=O) groups excluding carboxylic acids is 2. The van der Waals surface area contributed by atoms with Crippen LogP contribution >= 0.6 is 0 Å². The largest absolute Gasteiger partial charge is 0.467 e. The van der Waals surface area contributed by atoms with Gasteiger partial charge < -0.3 is 13.6 Å². The number of rotatable bonds is 8. The van der Waals surface area contributed by atoms with Crippen LogP contribution in [-0.2, 0) is 14.0 Å². The Bertz CT molecular complexity index is 601. The van der Waals surface area contributed by atoms with E-state index in [-0.39, 0.29) is 12.5 Å². The maximum Gasteiger partial charge on any atom is 0.417 e. The third-order valence-corrected chi connectivity index (χ3v) is 9.55. The highest BCUT2D eigenvalue weighted by molar-refractivity contribution is 6.73. The Balaban J connectivity index is 2.20. The van der Waals surface area contributed by atoms with Crippen LogP contribution in [0.25, 0.3) is 0 Å². The Kier molecular flexibility index (Phi) is 6.61.